The minimum atomic E-state index is -0.795. The highest BCUT2D eigenvalue weighted by atomic mass is 16.6. The van der Waals surface area contributed by atoms with Crippen molar-refractivity contribution < 1.29 is 28.6 Å². The van der Waals surface area contributed by atoms with Gasteiger partial charge >= 0.3 is 17.9 Å². The van der Waals surface area contributed by atoms with E-state index in [0.717, 1.165) is 64.2 Å². The lowest BCUT2D eigenvalue weighted by atomic mass is 10.1. The SMILES string of the molecule is CC/C=C\C/C=C\C/C=C\CCCC(=O)OC(COC(=O)CCCCCCCCC/C=C\CCCCCCCC)COC(=O)CCCCCCCCCCC. The Hall–Kier alpha value is -2.63. The van der Waals surface area contributed by atoms with Gasteiger partial charge in [-0.1, -0.05) is 185 Å². The molecule has 0 aliphatic rings. The first-order valence-corrected chi connectivity index (χ1v) is 23.1. The van der Waals surface area contributed by atoms with Gasteiger partial charge in [-0.3, -0.25) is 14.4 Å². The van der Waals surface area contributed by atoms with Crippen molar-refractivity contribution in [3.05, 3.63) is 48.6 Å². The topological polar surface area (TPSA) is 78.9 Å². The highest BCUT2D eigenvalue weighted by molar-refractivity contribution is 5.71. The van der Waals surface area contributed by atoms with Crippen molar-refractivity contribution >= 4 is 17.9 Å². The number of rotatable bonds is 41. The molecule has 0 rings (SSSR count). The summed E-state index contributed by atoms with van der Waals surface area (Å²) in [5, 5.41) is 0. The zero-order chi connectivity index (χ0) is 40.1. The van der Waals surface area contributed by atoms with E-state index in [9.17, 15) is 14.4 Å². The van der Waals surface area contributed by atoms with Gasteiger partial charge < -0.3 is 14.2 Å². The van der Waals surface area contributed by atoms with E-state index in [0.29, 0.717) is 19.3 Å². The largest absolute Gasteiger partial charge is 0.462 e. The van der Waals surface area contributed by atoms with E-state index in [-0.39, 0.29) is 37.5 Å². The predicted octanol–water partition coefficient (Wildman–Crippen LogP) is 14.8. The first kappa shape index (κ1) is 52.4. The van der Waals surface area contributed by atoms with E-state index in [1.54, 1.807) is 0 Å². The van der Waals surface area contributed by atoms with Gasteiger partial charge in [0.25, 0.3) is 0 Å². The Labute approximate surface area is 339 Å². The van der Waals surface area contributed by atoms with E-state index in [4.69, 9.17) is 14.2 Å². The summed E-state index contributed by atoms with van der Waals surface area (Å²) < 4.78 is 16.6. The van der Waals surface area contributed by atoms with Crippen LogP contribution in [0.1, 0.15) is 226 Å². The van der Waals surface area contributed by atoms with Gasteiger partial charge in [0.05, 0.1) is 0 Å². The Balaban J connectivity index is 4.36. The van der Waals surface area contributed by atoms with Crippen LogP contribution in [0.25, 0.3) is 0 Å². The molecule has 0 heterocycles. The molecular formula is C49H86O6. The number of ether oxygens (including phenoxy) is 3. The maximum Gasteiger partial charge on any atom is 0.306 e. The second kappa shape index (κ2) is 44.1. The van der Waals surface area contributed by atoms with Gasteiger partial charge in [0.2, 0.25) is 0 Å². The lowest BCUT2D eigenvalue weighted by molar-refractivity contribution is -0.167. The average Bonchev–Trinajstić information content (AvgIpc) is 3.18. The fourth-order valence-electron chi connectivity index (χ4n) is 6.34. The summed E-state index contributed by atoms with van der Waals surface area (Å²) in [6.07, 6.45) is 51.1. The van der Waals surface area contributed by atoms with Crippen LogP contribution in [0.4, 0.5) is 0 Å². The van der Waals surface area contributed by atoms with Crippen LogP contribution in [0.3, 0.4) is 0 Å². The van der Waals surface area contributed by atoms with Crippen LogP contribution >= 0.6 is 0 Å². The standard InChI is InChI=1S/C49H86O6/c1-4-7-10-13-16-19-21-22-23-24-25-26-28-30-33-36-39-42-48(51)54-45-46(44-53-47(50)41-38-35-32-29-18-15-12-9-6-3)55-49(52)43-40-37-34-31-27-20-17-14-11-8-5-2/h8,11,17,20,22-23,31,34,46H,4-7,9-10,12-16,18-19,21,24-30,32-33,35-45H2,1-3H3/b11-8-,20-17-,23-22-,34-31-. The molecule has 6 heteroatoms. The number of unbranched alkanes of at least 4 members (excludes halogenated alkanes) is 22. The molecule has 0 spiro atoms. The Bertz CT molecular complexity index is 980. The highest BCUT2D eigenvalue weighted by Crippen LogP contribution is 2.14. The van der Waals surface area contributed by atoms with E-state index < -0.39 is 6.10 Å². The van der Waals surface area contributed by atoms with E-state index in [1.807, 2.05) is 0 Å². The molecule has 0 aromatic rings. The molecule has 55 heavy (non-hydrogen) atoms. The Kier molecular flexibility index (Phi) is 42.0. The van der Waals surface area contributed by atoms with Gasteiger partial charge in [0, 0.05) is 19.3 Å². The monoisotopic (exact) mass is 771 g/mol. The number of carbonyl (C=O) groups is 3. The van der Waals surface area contributed by atoms with Crippen LogP contribution in [-0.4, -0.2) is 37.2 Å². The summed E-state index contributed by atoms with van der Waals surface area (Å²) in [5.41, 5.74) is 0. The summed E-state index contributed by atoms with van der Waals surface area (Å²) in [6.45, 7) is 6.44. The molecule has 0 radical (unpaired) electrons. The lowest BCUT2D eigenvalue weighted by Crippen LogP contribution is -2.30. The number of hydrogen-bond donors (Lipinski definition) is 0. The lowest BCUT2D eigenvalue weighted by Gasteiger charge is -2.18. The van der Waals surface area contributed by atoms with Crippen LogP contribution < -0.4 is 0 Å². The van der Waals surface area contributed by atoms with Gasteiger partial charge in [-0.2, -0.15) is 0 Å². The molecule has 0 fully saturated rings. The molecule has 0 saturated heterocycles. The number of esters is 3. The molecule has 318 valence electrons. The minimum Gasteiger partial charge on any atom is -0.462 e. The van der Waals surface area contributed by atoms with Gasteiger partial charge in [0.1, 0.15) is 13.2 Å². The first-order valence-electron chi connectivity index (χ1n) is 23.1. The predicted molar refractivity (Wildman–Crippen MR) is 233 cm³/mol. The van der Waals surface area contributed by atoms with Gasteiger partial charge in [-0.15, -0.1) is 0 Å². The van der Waals surface area contributed by atoms with Crippen LogP contribution in [0.15, 0.2) is 48.6 Å². The van der Waals surface area contributed by atoms with Crippen molar-refractivity contribution in [2.45, 2.75) is 232 Å². The van der Waals surface area contributed by atoms with Gasteiger partial charge in [-0.05, 0) is 70.6 Å². The molecule has 0 bridgehead atoms. The Morgan fingerprint density at radius 2 is 0.727 bits per heavy atom. The second-order valence-corrected chi connectivity index (χ2v) is 15.3. The number of allylic oxidation sites excluding steroid dienone is 8. The molecule has 1 atom stereocenters. The zero-order valence-electron chi connectivity index (χ0n) is 36.2. The van der Waals surface area contributed by atoms with Crippen LogP contribution in [0.2, 0.25) is 0 Å². The van der Waals surface area contributed by atoms with E-state index in [1.165, 1.54) is 116 Å². The van der Waals surface area contributed by atoms with Crippen LogP contribution in [0.5, 0.6) is 0 Å². The third-order valence-electron chi connectivity index (χ3n) is 9.82. The molecule has 0 aliphatic carbocycles. The molecule has 1 unspecified atom stereocenters. The maximum atomic E-state index is 12.7. The molecule has 0 N–H and O–H groups in total. The maximum absolute atomic E-state index is 12.7. The fraction of sp³-hybridized carbons (Fsp3) is 0.776. The Morgan fingerprint density at radius 1 is 0.382 bits per heavy atom. The Morgan fingerprint density at radius 3 is 1.18 bits per heavy atom. The normalized spacial score (nSPS) is 12.4. The van der Waals surface area contributed by atoms with Gasteiger partial charge in [-0.25, -0.2) is 0 Å². The van der Waals surface area contributed by atoms with Crippen molar-refractivity contribution in [2.75, 3.05) is 13.2 Å². The molecule has 0 amide bonds. The van der Waals surface area contributed by atoms with Gasteiger partial charge in [0.15, 0.2) is 6.10 Å². The van der Waals surface area contributed by atoms with Crippen molar-refractivity contribution in [1.82, 2.24) is 0 Å². The van der Waals surface area contributed by atoms with Crippen molar-refractivity contribution in [3.63, 3.8) is 0 Å². The van der Waals surface area contributed by atoms with Crippen LogP contribution in [0, 0.1) is 0 Å². The molecule has 0 aromatic heterocycles. The molecule has 0 saturated carbocycles. The molecule has 0 aromatic carbocycles. The second-order valence-electron chi connectivity index (χ2n) is 15.3. The summed E-state index contributed by atoms with van der Waals surface area (Å²) >= 11 is 0. The third-order valence-corrected chi connectivity index (χ3v) is 9.82. The smallest absolute Gasteiger partial charge is 0.306 e. The van der Waals surface area contributed by atoms with Crippen molar-refractivity contribution in [2.24, 2.45) is 0 Å². The zero-order valence-corrected chi connectivity index (χ0v) is 36.2. The molecular weight excluding hydrogens is 685 g/mol. The average molecular weight is 771 g/mol. The fourth-order valence-corrected chi connectivity index (χ4v) is 6.34. The third kappa shape index (κ3) is 42.4. The summed E-state index contributed by atoms with van der Waals surface area (Å²) in [7, 11) is 0. The summed E-state index contributed by atoms with van der Waals surface area (Å²) in [4.78, 5) is 37.6. The van der Waals surface area contributed by atoms with E-state index in [2.05, 4.69) is 69.4 Å². The number of hydrogen-bond acceptors (Lipinski definition) is 6. The summed E-state index contributed by atoms with van der Waals surface area (Å²) in [6, 6.07) is 0. The van der Waals surface area contributed by atoms with Crippen LogP contribution in [-0.2, 0) is 28.6 Å². The van der Waals surface area contributed by atoms with Crippen molar-refractivity contribution in [3.8, 4) is 0 Å². The van der Waals surface area contributed by atoms with E-state index >= 15 is 0 Å². The van der Waals surface area contributed by atoms with Crippen molar-refractivity contribution in [1.29, 1.82) is 0 Å². The summed E-state index contributed by atoms with van der Waals surface area (Å²) in [5.74, 6) is -0.956. The molecule has 6 nitrogen and oxygen atoms in total. The number of carbonyl (C=O) groups excluding carboxylic acids is 3. The molecule has 0 aliphatic heterocycles. The minimum absolute atomic E-state index is 0.0934. The quantitative estimate of drug-likeness (QED) is 0.0267. The highest BCUT2D eigenvalue weighted by Gasteiger charge is 2.19. The first-order chi connectivity index (χ1) is 27.0.